The number of likely N-dealkylation sites (tertiary alicyclic amines) is 1. The van der Waals surface area contributed by atoms with Crippen LogP contribution in [0.5, 0.6) is 0 Å². The molecule has 0 amide bonds. The fourth-order valence-corrected chi connectivity index (χ4v) is 2.43. The summed E-state index contributed by atoms with van der Waals surface area (Å²) >= 11 is 0. The van der Waals surface area contributed by atoms with Crippen molar-refractivity contribution in [2.75, 3.05) is 13.1 Å². The molecule has 2 nitrogen and oxygen atoms in total. The Kier molecular flexibility index (Phi) is 3.34. The lowest BCUT2D eigenvalue weighted by molar-refractivity contribution is -0.126. The third-order valence-electron chi connectivity index (χ3n) is 3.93. The van der Waals surface area contributed by atoms with E-state index in [-0.39, 0.29) is 5.92 Å². The van der Waals surface area contributed by atoms with Crippen LogP contribution in [0.4, 0.5) is 0 Å². The van der Waals surface area contributed by atoms with E-state index < -0.39 is 0 Å². The van der Waals surface area contributed by atoms with Gasteiger partial charge in [0.05, 0.1) is 0 Å². The normalized spacial score (nSPS) is 16.9. The molecule has 2 rings (SSSR count). The first-order chi connectivity index (χ1) is 7.97. The van der Waals surface area contributed by atoms with Crippen LogP contribution in [0.15, 0.2) is 12.1 Å². The Labute approximate surface area is 104 Å². The molecule has 0 radical (unpaired) electrons. The Hall–Kier alpha value is -1.15. The van der Waals surface area contributed by atoms with Gasteiger partial charge in [-0.15, -0.1) is 0 Å². The number of ketones is 1. The number of benzene rings is 1. The van der Waals surface area contributed by atoms with Crippen molar-refractivity contribution in [3.05, 3.63) is 34.4 Å². The quantitative estimate of drug-likeness (QED) is 0.797. The lowest BCUT2D eigenvalue weighted by Gasteiger charge is -2.38. The summed E-state index contributed by atoms with van der Waals surface area (Å²) in [5.74, 6) is 0.611. The standard InChI is InChI=1S/C15H21NO/c1-10-5-14(6-11(2)12(10)3)7-16-8-15(9-16)13(4)17/h5-6,15H,7-9H2,1-4H3. The topological polar surface area (TPSA) is 20.3 Å². The third-order valence-corrected chi connectivity index (χ3v) is 3.93. The molecule has 0 N–H and O–H groups in total. The van der Waals surface area contributed by atoms with Crippen LogP contribution in [-0.4, -0.2) is 23.8 Å². The van der Waals surface area contributed by atoms with Gasteiger partial charge in [0.25, 0.3) is 0 Å². The summed E-state index contributed by atoms with van der Waals surface area (Å²) in [6.07, 6.45) is 0. The average Bonchev–Trinajstić information content (AvgIpc) is 2.18. The van der Waals surface area contributed by atoms with Gasteiger partial charge in [-0.2, -0.15) is 0 Å². The predicted octanol–water partition coefficient (Wildman–Crippen LogP) is 2.63. The van der Waals surface area contributed by atoms with Crippen LogP contribution in [-0.2, 0) is 11.3 Å². The Morgan fingerprint density at radius 2 is 1.76 bits per heavy atom. The highest BCUT2D eigenvalue weighted by atomic mass is 16.1. The Balaban J connectivity index is 1.99. The maximum atomic E-state index is 11.2. The van der Waals surface area contributed by atoms with Gasteiger partial charge in [0, 0.05) is 25.6 Å². The number of Topliss-reactive ketones (excluding diaryl/α,β-unsaturated/α-hetero) is 1. The van der Waals surface area contributed by atoms with E-state index in [2.05, 4.69) is 37.8 Å². The van der Waals surface area contributed by atoms with Crippen molar-refractivity contribution >= 4 is 5.78 Å². The maximum Gasteiger partial charge on any atom is 0.135 e. The second-order valence-electron chi connectivity index (χ2n) is 5.36. The lowest BCUT2D eigenvalue weighted by atomic mass is 9.94. The first kappa shape index (κ1) is 12.3. The molecule has 17 heavy (non-hydrogen) atoms. The minimum absolute atomic E-state index is 0.280. The molecule has 0 unspecified atom stereocenters. The van der Waals surface area contributed by atoms with Crippen LogP contribution >= 0.6 is 0 Å². The fraction of sp³-hybridized carbons (Fsp3) is 0.533. The van der Waals surface area contributed by atoms with Gasteiger partial charge in [0.2, 0.25) is 0 Å². The van der Waals surface area contributed by atoms with E-state index in [1.165, 1.54) is 22.3 Å². The SMILES string of the molecule is CC(=O)C1CN(Cc2cc(C)c(C)c(C)c2)C1. The molecule has 0 bridgehead atoms. The highest BCUT2D eigenvalue weighted by molar-refractivity contribution is 5.79. The van der Waals surface area contributed by atoms with Gasteiger partial charge < -0.3 is 0 Å². The lowest BCUT2D eigenvalue weighted by Crippen LogP contribution is -2.48. The van der Waals surface area contributed by atoms with Crippen molar-refractivity contribution in [2.45, 2.75) is 34.2 Å². The molecule has 0 aliphatic carbocycles. The van der Waals surface area contributed by atoms with Gasteiger partial charge in [-0.1, -0.05) is 12.1 Å². The zero-order chi connectivity index (χ0) is 12.6. The van der Waals surface area contributed by atoms with E-state index in [9.17, 15) is 4.79 Å². The Bertz CT molecular complexity index is 421. The highest BCUT2D eigenvalue weighted by Gasteiger charge is 2.29. The van der Waals surface area contributed by atoms with Crippen molar-refractivity contribution in [3.8, 4) is 0 Å². The van der Waals surface area contributed by atoms with Crippen molar-refractivity contribution < 1.29 is 4.79 Å². The second-order valence-corrected chi connectivity index (χ2v) is 5.36. The highest BCUT2D eigenvalue weighted by Crippen LogP contribution is 2.22. The summed E-state index contributed by atoms with van der Waals surface area (Å²) < 4.78 is 0. The number of hydrogen-bond acceptors (Lipinski definition) is 2. The van der Waals surface area contributed by atoms with E-state index in [1.807, 2.05) is 0 Å². The van der Waals surface area contributed by atoms with E-state index >= 15 is 0 Å². The third kappa shape index (κ3) is 2.58. The van der Waals surface area contributed by atoms with Crippen LogP contribution in [0.1, 0.15) is 29.2 Å². The molecule has 0 atom stereocenters. The number of nitrogens with zero attached hydrogens (tertiary/aromatic N) is 1. The van der Waals surface area contributed by atoms with E-state index in [0.717, 1.165) is 19.6 Å². The molecular formula is C15H21NO. The first-order valence-corrected chi connectivity index (χ1v) is 6.27. The number of carbonyl (C=O) groups is 1. The minimum atomic E-state index is 0.280. The van der Waals surface area contributed by atoms with E-state index in [4.69, 9.17) is 0 Å². The summed E-state index contributed by atoms with van der Waals surface area (Å²) in [6, 6.07) is 4.53. The average molecular weight is 231 g/mol. The molecule has 1 saturated heterocycles. The monoisotopic (exact) mass is 231 g/mol. The molecule has 1 aromatic carbocycles. The second kappa shape index (κ2) is 4.61. The summed E-state index contributed by atoms with van der Waals surface area (Å²) in [5.41, 5.74) is 5.49. The van der Waals surface area contributed by atoms with Crippen LogP contribution in [0.3, 0.4) is 0 Å². The first-order valence-electron chi connectivity index (χ1n) is 6.27. The summed E-state index contributed by atoms with van der Waals surface area (Å²) in [7, 11) is 0. The zero-order valence-electron chi connectivity index (χ0n) is 11.2. The number of hydrogen-bond donors (Lipinski definition) is 0. The van der Waals surface area contributed by atoms with Gasteiger partial charge in [-0.3, -0.25) is 9.69 Å². The Morgan fingerprint density at radius 1 is 1.24 bits per heavy atom. The predicted molar refractivity (Wildman–Crippen MR) is 70.1 cm³/mol. The van der Waals surface area contributed by atoms with Crippen molar-refractivity contribution in [1.29, 1.82) is 0 Å². The number of aryl methyl sites for hydroxylation is 2. The zero-order valence-corrected chi connectivity index (χ0v) is 11.2. The summed E-state index contributed by atoms with van der Waals surface area (Å²) in [6.45, 7) is 11.0. The minimum Gasteiger partial charge on any atom is -0.300 e. The van der Waals surface area contributed by atoms with Crippen LogP contribution in [0.25, 0.3) is 0 Å². The number of carbonyl (C=O) groups excluding carboxylic acids is 1. The van der Waals surface area contributed by atoms with Crippen LogP contribution in [0.2, 0.25) is 0 Å². The smallest absolute Gasteiger partial charge is 0.135 e. The fourth-order valence-electron chi connectivity index (χ4n) is 2.43. The van der Waals surface area contributed by atoms with Crippen molar-refractivity contribution in [3.63, 3.8) is 0 Å². The molecule has 1 fully saturated rings. The van der Waals surface area contributed by atoms with Crippen molar-refractivity contribution in [1.82, 2.24) is 4.90 Å². The van der Waals surface area contributed by atoms with Gasteiger partial charge in [-0.25, -0.2) is 0 Å². The van der Waals surface area contributed by atoms with Crippen molar-refractivity contribution in [2.24, 2.45) is 5.92 Å². The molecule has 1 aromatic rings. The molecule has 0 aromatic heterocycles. The van der Waals surface area contributed by atoms with Gasteiger partial charge >= 0.3 is 0 Å². The van der Waals surface area contributed by atoms with Gasteiger partial charge in [0.1, 0.15) is 5.78 Å². The molecule has 1 aliphatic heterocycles. The molecule has 0 spiro atoms. The summed E-state index contributed by atoms with van der Waals surface area (Å²) in [5, 5.41) is 0. The molecular weight excluding hydrogens is 210 g/mol. The van der Waals surface area contributed by atoms with Crippen LogP contribution < -0.4 is 0 Å². The largest absolute Gasteiger partial charge is 0.300 e. The number of rotatable bonds is 3. The Morgan fingerprint density at radius 3 is 2.24 bits per heavy atom. The van der Waals surface area contributed by atoms with Crippen LogP contribution in [0, 0.1) is 26.7 Å². The van der Waals surface area contributed by atoms with E-state index in [1.54, 1.807) is 6.92 Å². The molecule has 92 valence electrons. The van der Waals surface area contributed by atoms with E-state index in [0.29, 0.717) is 5.78 Å². The van der Waals surface area contributed by atoms with Gasteiger partial charge in [-0.05, 0) is 49.9 Å². The summed E-state index contributed by atoms with van der Waals surface area (Å²) in [4.78, 5) is 13.5. The maximum absolute atomic E-state index is 11.2. The van der Waals surface area contributed by atoms with Gasteiger partial charge in [0.15, 0.2) is 0 Å². The molecule has 0 saturated carbocycles. The molecule has 1 aliphatic rings. The molecule has 2 heteroatoms. The molecule has 1 heterocycles.